The molecule has 6 nitrogen and oxygen atoms in total. The lowest BCUT2D eigenvalue weighted by molar-refractivity contribution is -0.00622. The Morgan fingerprint density at radius 1 is 1.44 bits per heavy atom. The van der Waals surface area contributed by atoms with E-state index in [1.54, 1.807) is 6.20 Å². The van der Waals surface area contributed by atoms with Crippen molar-refractivity contribution in [2.75, 3.05) is 33.8 Å². The zero-order valence-corrected chi connectivity index (χ0v) is 11.3. The van der Waals surface area contributed by atoms with E-state index in [0.29, 0.717) is 19.7 Å². The highest BCUT2D eigenvalue weighted by Crippen LogP contribution is 2.22. The van der Waals surface area contributed by atoms with E-state index in [4.69, 9.17) is 4.74 Å². The Morgan fingerprint density at radius 2 is 2.22 bits per heavy atom. The van der Waals surface area contributed by atoms with Crippen molar-refractivity contribution in [3.05, 3.63) is 30.1 Å². The molecule has 100 valence electrons. The fourth-order valence-corrected chi connectivity index (χ4v) is 2.90. The van der Waals surface area contributed by atoms with Gasteiger partial charge in [-0.1, -0.05) is 6.07 Å². The highest BCUT2D eigenvalue weighted by atomic mass is 32.2. The van der Waals surface area contributed by atoms with E-state index in [0.717, 1.165) is 5.69 Å². The second kappa shape index (κ2) is 5.31. The molecule has 0 N–H and O–H groups in total. The Morgan fingerprint density at radius 3 is 2.83 bits per heavy atom. The van der Waals surface area contributed by atoms with Crippen molar-refractivity contribution in [2.45, 2.75) is 6.10 Å². The molecule has 1 aromatic rings. The largest absolute Gasteiger partial charge is 0.369 e. The van der Waals surface area contributed by atoms with Crippen molar-refractivity contribution >= 4 is 10.2 Å². The minimum Gasteiger partial charge on any atom is -0.369 e. The molecule has 1 aliphatic heterocycles. The van der Waals surface area contributed by atoms with Gasteiger partial charge in [0.2, 0.25) is 0 Å². The molecule has 0 saturated carbocycles. The molecule has 0 unspecified atom stereocenters. The summed E-state index contributed by atoms with van der Waals surface area (Å²) in [5.41, 5.74) is 0.760. The van der Waals surface area contributed by atoms with Gasteiger partial charge in [0, 0.05) is 33.4 Å². The minimum absolute atomic E-state index is 0.297. The van der Waals surface area contributed by atoms with Gasteiger partial charge < -0.3 is 4.74 Å². The number of morpholine rings is 1. The van der Waals surface area contributed by atoms with Gasteiger partial charge in [0.05, 0.1) is 12.3 Å². The van der Waals surface area contributed by atoms with Crippen LogP contribution >= 0.6 is 0 Å². The van der Waals surface area contributed by atoms with Crippen LogP contribution in [0.3, 0.4) is 0 Å². The van der Waals surface area contributed by atoms with Gasteiger partial charge in [-0.25, -0.2) is 0 Å². The molecule has 1 atom stereocenters. The van der Waals surface area contributed by atoms with Crippen molar-refractivity contribution in [3.8, 4) is 0 Å². The first-order valence-electron chi connectivity index (χ1n) is 5.72. The standard InChI is InChI=1S/C11H17N3O3S/c1-13(2)18(15,16)14-7-8-17-11(9-14)10-5-3-4-6-12-10/h3-6,11H,7-9H2,1-2H3/t11-/m1/s1. The van der Waals surface area contributed by atoms with Crippen LogP contribution in [-0.2, 0) is 14.9 Å². The first-order chi connectivity index (χ1) is 8.51. The van der Waals surface area contributed by atoms with Crippen LogP contribution in [0.5, 0.6) is 0 Å². The van der Waals surface area contributed by atoms with Crippen LogP contribution in [0, 0.1) is 0 Å². The molecule has 1 saturated heterocycles. The summed E-state index contributed by atoms with van der Waals surface area (Å²) >= 11 is 0. The second-order valence-corrected chi connectivity index (χ2v) is 6.40. The summed E-state index contributed by atoms with van der Waals surface area (Å²) in [6.07, 6.45) is 1.38. The van der Waals surface area contributed by atoms with Gasteiger partial charge in [-0.2, -0.15) is 17.0 Å². The third kappa shape index (κ3) is 2.69. The van der Waals surface area contributed by atoms with Crippen LogP contribution < -0.4 is 0 Å². The molecular formula is C11H17N3O3S. The molecule has 0 spiro atoms. The topological polar surface area (TPSA) is 62.7 Å². The smallest absolute Gasteiger partial charge is 0.281 e. The zero-order valence-electron chi connectivity index (χ0n) is 10.5. The third-order valence-corrected chi connectivity index (χ3v) is 4.74. The monoisotopic (exact) mass is 271 g/mol. The van der Waals surface area contributed by atoms with E-state index >= 15 is 0 Å². The van der Waals surface area contributed by atoms with Gasteiger partial charge in [0.25, 0.3) is 10.2 Å². The number of pyridine rings is 1. The number of hydrogen-bond donors (Lipinski definition) is 0. The van der Waals surface area contributed by atoms with Gasteiger partial charge in [-0.3, -0.25) is 4.98 Å². The lowest BCUT2D eigenvalue weighted by atomic mass is 10.2. The Hall–Kier alpha value is -1.02. The maximum Gasteiger partial charge on any atom is 0.281 e. The number of rotatable bonds is 3. The molecule has 2 heterocycles. The minimum atomic E-state index is -3.38. The molecular weight excluding hydrogens is 254 g/mol. The highest BCUT2D eigenvalue weighted by molar-refractivity contribution is 7.86. The van der Waals surface area contributed by atoms with Gasteiger partial charge in [-0.15, -0.1) is 0 Å². The van der Waals surface area contributed by atoms with Gasteiger partial charge in [0.1, 0.15) is 6.10 Å². The molecule has 0 radical (unpaired) electrons. The van der Waals surface area contributed by atoms with Crippen molar-refractivity contribution < 1.29 is 13.2 Å². The quantitative estimate of drug-likeness (QED) is 0.791. The second-order valence-electron chi connectivity index (χ2n) is 4.26. The molecule has 0 bridgehead atoms. The Bertz CT molecular complexity index is 490. The molecule has 1 aromatic heterocycles. The van der Waals surface area contributed by atoms with E-state index in [9.17, 15) is 8.42 Å². The maximum absolute atomic E-state index is 12.0. The predicted molar refractivity (Wildman–Crippen MR) is 67.1 cm³/mol. The van der Waals surface area contributed by atoms with E-state index in [-0.39, 0.29) is 6.10 Å². The van der Waals surface area contributed by atoms with Crippen molar-refractivity contribution in [1.29, 1.82) is 0 Å². The summed E-state index contributed by atoms with van der Waals surface area (Å²) in [6.45, 7) is 1.07. The molecule has 1 fully saturated rings. The van der Waals surface area contributed by atoms with Crippen molar-refractivity contribution in [2.24, 2.45) is 0 Å². The number of nitrogens with zero attached hydrogens (tertiary/aromatic N) is 3. The summed E-state index contributed by atoms with van der Waals surface area (Å²) in [7, 11) is -0.325. The molecule has 0 aromatic carbocycles. The fraction of sp³-hybridized carbons (Fsp3) is 0.545. The van der Waals surface area contributed by atoms with Crippen molar-refractivity contribution in [3.63, 3.8) is 0 Å². The first-order valence-corrected chi connectivity index (χ1v) is 7.11. The molecule has 0 aliphatic carbocycles. The Labute approximate surface area is 107 Å². The maximum atomic E-state index is 12.0. The normalized spacial score (nSPS) is 22.3. The Kier molecular flexibility index (Phi) is 3.96. The van der Waals surface area contributed by atoms with Crippen LogP contribution in [0.4, 0.5) is 0 Å². The average Bonchev–Trinajstić information content (AvgIpc) is 2.40. The van der Waals surface area contributed by atoms with E-state index in [2.05, 4.69) is 4.98 Å². The zero-order chi connectivity index (χ0) is 13.2. The average molecular weight is 271 g/mol. The summed E-state index contributed by atoms with van der Waals surface area (Å²) in [5.74, 6) is 0. The molecule has 2 rings (SSSR count). The molecule has 7 heteroatoms. The van der Waals surface area contributed by atoms with Gasteiger partial charge >= 0.3 is 0 Å². The molecule has 1 aliphatic rings. The highest BCUT2D eigenvalue weighted by Gasteiger charge is 2.31. The number of ether oxygens (including phenoxy) is 1. The molecule has 18 heavy (non-hydrogen) atoms. The number of hydrogen-bond acceptors (Lipinski definition) is 4. The van der Waals surface area contributed by atoms with Crippen molar-refractivity contribution in [1.82, 2.24) is 13.6 Å². The summed E-state index contributed by atoms with van der Waals surface area (Å²) in [4.78, 5) is 4.20. The summed E-state index contributed by atoms with van der Waals surface area (Å²) in [6, 6.07) is 5.53. The third-order valence-electron chi connectivity index (χ3n) is 2.83. The van der Waals surface area contributed by atoms with E-state index < -0.39 is 10.2 Å². The van der Waals surface area contributed by atoms with Gasteiger partial charge in [-0.05, 0) is 12.1 Å². The summed E-state index contributed by atoms with van der Waals surface area (Å²) < 4.78 is 32.3. The molecule has 0 amide bonds. The first kappa shape index (κ1) is 13.4. The van der Waals surface area contributed by atoms with Gasteiger partial charge in [0.15, 0.2) is 0 Å². The van der Waals surface area contributed by atoms with Crippen LogP contribution in [-0.4, -0.2) is 55.8 Å². The lowest BCUT2D eigenvalue weighted by Crippen LogP contribution is -2.47. The number of aromatic nitrogens is 1. The van der Waals surface area contributed by atoms with Crippen LogP contribution in [0.25, 0.3) is 0 Å². The fourth-order valence-electron chi connectivity index (χ4n) is 1.81. The van der Waals surface area contributed by atoms with E-state index in [1.807, 2.05) is 18.2 Å². The summed E-state index contributed by atoms with van der Waals surface area (Å²) in [5, 5.41) is 0. The van der Waals surface area contributed by atoms with Crippen LogP contribution in [0.1, 0.15) is 11.8 Å². The SMILES string of the molecule is CN(C)S(=O)(=O)N1CCO[C@@H](c2ccccn2)C1. The lowest BCUT2D eigenvalue weighted by Gasteiger charge is -2.33. The van der Waals surface area contributed by atoms with Crippen LogP contribution in [0.15, 0.2) is 24.4 Å². The van der Waals surface area contributed by atoms with E-state index in [1.165, 1.54) is 22.7 Å². The van der Waals surface area contributed by atoms with Crippen LogP contribution in [0.2, 0.25) is 0 Å². The predicted octanol–water partition coefficient (Wildman–Crippen LogP) is 0.261. The Balaban J connectivity index is 2.15.